The van der Waals surface area contributed by atoms with Crippen LogP contribution in [0.2, 0.25) is 0 Å². The zero-order valence-corrected chi connectivity index (χ0v) is 9.22. The average molecular weight is 240 g/mol. The number of rotatable bonds is 5. The van der Waals surface area contributed by atoms with Gasteiger partial charge >= 0.3 is 5.97 Å². The standard InChI is InChI=1S/C4H6O4S.C4H10O2/c5-2(4(8)9)1-3(6)7;1-2-4(6)3-5/h2,5H,1H2,(H,6,7)(H,8,9);4-6H,2-3H2,1H3. The lowest BCUT2D eigenvalue weighted by Gasteiger charge is -1.98. The summed E-state index contributed by atoms with van der Waals surface area (Å²) in [6, 6.07) is 0. The van der Waals surface area contributed by atoms with Crippen LogP contribution in [0.4, 0.5) is 0 Å². The highest BCUT2D eigenvalue weighted by atomic mass is 32.1. The number of hydrogen-bond acceptors (Lipinski definition) is 5. The first kappa shape index (κ1) is 16.8. The van der Waals surface area contributed by atoms with Gasteiger partial charge in [0.15, 0.2) is 0 Å². The molecule has 0 rings (SSSR count). The first-order chi connectivity index (χ1) is 6.84. The lowest BCUT2D eigenvalue weighted by Crippen LogP contribution is -2.19. The number of aliphatic carboxylic acids is 1. The van der Waals surface area contributed by atoms with Crippen LogP contribution in [0.5, 0.6) is 0 Å². The number of aliphatic hydroxyl groups excluding tert-OH is 3. The second-order valence-corrected chi connectivity index (χ2v) is 3.14. The van der Waals surface area contributed by atoms with Crippen molar-refractivity contribution in [1.29, 1.82) is 0 Å². The van der Waals surface area contributed by atoms with Crippen molar-refractivity contribution >= 4 is 23.7 Å². The maximum atomic E-state index is 10.0. The van der Waals surface area contributed by atoms with Crippen molar-refractivity contribution in [2.75, 3.05) is 6.61 Å². The minimum atomic E-state index is -1.48. The largest absolute Gasteiger partial charge is 0.481 e. The molecule has 0 fully saturated rings. The van der Waals surface area contributed by atoms with E-state index in [0.717, 1.165) is 0 Å². The van der Waals surface area contributed by atoms with E-state index in [2.05, 4.69) is 12.6 Å². The number of carboxylic acids is 1. The van der Waals surface area contributed by atoms with Crippen LogP contribution in [0.3, 0.4) is 0 Å². The SMILES string of the molecule is CCC(O)CO.O=C(O)CC(O)C(=O)S. The van der Waals surface area contributed by atoms with E-state index in [0.29, 0.717) is 6.42 Å². The molecule has 0 aliphatic heterocycles. The Balaban J connectivity index is 0. The van der Waals surface area contributed by atoms with E-state index in [-0.39, 0.29) is 6.61 Å². The van der Waals surface area contributed by atoms with Crippen LogP contribution in [-0.4, -0.2) is 50.3 Å². The third-order valence-corrected chi connectivity index (χ3v) is 1.63. The predicted octanol–water partition coefficient (Wildman–Crippen LogP) is -0.972. The van der Waals surface area contributed by atoms with Gasteiger partial charge in [0.1, 0.15) is 6.10 Å². The third-order valence-electron chi connectivity index (χ3n) is 1.34. The second-order valence-electron chi connectivity index (χ2n) is 2.70. The topological polar surface area (TPSA) is 115 Å². The molecule has 0 saturated heterocycles. The first-order valence-corrected chi connectivity index (χ1v) is 4.71. The maximum absolute atomic E-state index is 10.0. The fraction of sp³-hybridized carbons (Fsp3) is 0.750. The fourth-order valence-corrected chi connectivity index (χ4v) is 0.473. The Kier molecular flexibility index (Phi) is 11.1. The zero-order chi connectivity index (χ0) is 12.4. The van der Waals surface area contributed by atoms with Crippen LogP contribution in [-0.2, 0) is 9.59 Å². The van der Waals surface area contributed by atoms with Crippen molar-refractivity contribution in [2.45, 2.75) is 32.0 Å². The molecular formula is C8H16O6S. The Hall–Kier alpha value is -0.630. The summed E-state index contributed by atoms with van der Waals surface area (Å²) >= 11 is 3.22. The van der Waals surface area contributed by atoms with Crippen molar-refractivity contribution in [3.8, 4) is 0 Å². The summed E-state index contributed by atoms with van der Waals surface area (Å²) in [5, 5.41) is 32.2. The summed E-state index contributed by atoms with van der Waals surface area (Å²) in [6.07, 6.45) is -1.94. The van der Waals surface area contributed by atoms with E-state index in [1.807, 2.05) is 6.92 Å². The molecule has 2 unspecified atom stereocenters. The Bertz CT molecular complexity index is 192. The number of carbonyl (C=O) groups is 2. The average Bonchev–Trinajstić information content (AvgIpc) is 2.16. The molecule has 0 radical (unpaired) electrons. The molecule has 0 aromatic carbocycles. The highest BCUT2D eigenvalue weighted by Crippen LogP contribution is 1.95. The molecule has 6 nitrogen and oxygen atoms in total. The Labute approximate surface area is 93.0 Å². The van der Waals surface area contributed by atoms with Gasteiger partial charge in [0.25, 0.3) is 0 Å². The molecule has 0 aromatic heterocycles. The van der Waals surface area contributed by atoms with Crippen molar-refractivity contribution in [3.05, 3.63) is 0 Å². The van der Waals surface area contributed by atoms with Gasteiger partial charge in [-0.15, -0.1) is 12.6 Å². The molecule has 0 spiro atoms. The van der Waals surface area contributed by atoms with Gasteiger partial charge in [-0.05, 0) is 6.42 Å². The molecule has 0 bridgehead atoms. The Morgan fingerprint density at radius 1 is 1.33 bits per heavy atom. The first-order valence-electron chi connectivity index (χ1n) is 4.26. The van der Waals surface area contributed by atoms with Crippen LogP contribution in [0.15, 0.2) is 0 Å². The van der Waals surface area contributed by atoms with Crippen LogP contribution in [0, 0.1) is 0 Å². The maximum Gasteiger partial charge on any atom is 0.306 e. The molecular weight excluding hydrogens is 224 g/mol. The lowest BCUT2D eigenvalue weighted by molar-refractivity contribution is -0.141. The van der Waals surface area contributed by atoms with Gasteiger partial charge in [-0.2, -0.15) is 0 Å². The highest BCUT2D eigenvalue weighted by molar-refractivity contribution is 7.96. The molecule has 0 aliphatic carbocycles. The number of carbonyl (C=O) groups excluding carboxylic acids is 1. The van der Waals surface area contributed by atoms with Crippen LogP contribution in [0.1, 0.15) is 19.8 Å². The van der Waals surface area contributed by atoms with Crippen molar-refractivity contribution in [3.63, 3.8) is 0 Å². The fourth-order valence-electron chi connectivity index (χ4n) is 0.382. The van der Waals surface area contributed by atoms with Crippen molar-refractivity contribution < 1.29 is 30.0 Å². The third kappa shape index (κ3) is 13.4. The van der Waals surface area contributed by atoms with Gasteiger partial charge in [-0.25, -0.2) is 0 Å². The molecule has 0 aromatic rings. The van der Waals surface area contributed by atoms with Gasteiger partial charge in [0, 0.05) is 0 Å². The normalized spacial score (nSPS) is 13.4. The Morgan fingerprint density at radius 3 is 1.87 bits per heavy atom. The smallest absolute Gasteiger partial charge is 0.306 e. The van der Waals surface area contributed by atoms with Crippen LogP contribution < -0.4 is 0 Å². The minimum Gasteiger partial charge on any atom is -0.481 e. The van der Waals surface area contributed by atoms with Gasteiger partial charge in [0.2, 0.25) is 5.12 Å². The number of aliphatic hydroxyl groups is 3. The summed E-state index contributed by atoms with van der Waals surface area (Å²) in [4.78, 5) is 19.8. The van der Waals surface area contributed by atoms with Gasteiger partial charge in [-0.1, -0.05) is 6.92 Å². The lowest BCUT2D eigenvalue weighted by atomic mass is 10.3. The van der Waals surface area contributed by atoms with Gasteiger partial charge in [-0.3, -0.25) is 9.59 Å². The van der Waals surface area contributed by atoms with E-state index in [1.54, 1.807) is 0 Å². The summed E-state index contributed by atoms with van der Waals surface area (Å²) in [7, 11) is 0. The predicted molar refractivity (Wildman–Crippen MR) is 55.6 cm³/mol. The molecule has 2 atom stereocenters. The van der Waals surface area contributed by atoms with Crippen LogP contribution >= 0.6 is 12.6 Å². The molecule has 0 heterocycles. The van der Waals surface area contributed by atoms with E-state index >= 15 is 0 Å². The minimum absolute atomic E-state index is 0.115. The number of hydrogen-bond donors (Lipinski definition) is 5. The monoisotopic (exact) mass is 240 g/mol. The summed E-state index contributed by atoms with van der Waals surface area (Å²) in [5.74, 6) is -1.22. The van der Waals surface area contributed by atoms with E-state index in [1.165, 1.54) is 0 Å². The molecule has 15 heavy (non-hydrogen) atoms. The Morgan fingerprint density at radius 2 is 1.80 bits per heavy atom. The summed E-state index contributed by atoms with van der Waals surface area (Å²) in [5.41, 5.74) is 0. The number of carboxylic acid groups (broad SMARTS) is 1. The van der Waals surface area contributed by atoms with Gasteiger partial charge in [0.05, 0.1) is 19.1 Å². The van der Waals surface area contributed by atoms with E-state index in [4.69, 9.17) is 20.4 Å². The molecule has 0 aliphatic rings. The molecule has 7 heteroatoms. The molecule has 4 N–H and O–H groups in total. The van der Waals surface area contributed by atoms with Crippen molar-refractivity contribution in [1.82, 2.24) is 0 Å². The molecule has 90 valence electrons. The second kappa shape index (κ2) is 9.91. The van der Waals surface area contributed by atoms with Crippen molar-refractivity contribution in [2.24, 2.45) is 0 Å². The van der Waals surface area contributed by atoms with E-state index in [9.17, 15) is 9.59 Å². The summed E-state index contributed by atoms with van der Waals surface area (Å²) in [6.45, 7) is 1.71. The van der Waals surface area contributed by atoms with Crippen LogP contribution in [0.25, 0.3) is 0 Å². The molecule has 0 saturated carbocycles. The zero-order valence-electron chi connectivity index (χ0n) is 8.33. The quantitative estimate of drug-likeness (QED) is 0.395. The van der Waals surface area contributed by atoms with E-state index < -0.39 is 29.7 Å². The van der Waals surface area contributed by atoms with Gasteiger partial charge < -0.3 is 20.4 Å². The molecule has 0 amide bonds. The number of thiol groups is 1. The summed E-state index contributed by atoms with van der Waals surface area (Å²) < 4.78 is 0. The highest BCUT2D eigenvalue weighted by Gasteiger charge is 2.13.